The smallest absolute Gasteiger partial charge is 0.264 e. The third-order valence-corrected chi connectivity index (χ3v) is 6.21. The first-order valence-corrected chi connectivity index (χ1v) is 10.8. The van der Waals surface area contributed by atoms with Crippen LogP contribution in [0.15, 0.2) is 17.5 Å². The standard InChI is InChI=1S/C20H31N3O2S/c1-15(2)14-22-11-8-16(9-12-22)21-19(24)17-6-3-4-10-23(17)20(25)18-7-5-13-26-18/h5,7,13,15-17H,3-4,6,8-12,14H2,1-2H3,(H,21,24). The van der Waals surface area contributed by atoms with Gasteiger partial charge in [0, 0.05) is 32.2 Å². The lowest BCUT2D eigenvalue weighted by Gasteiger charge is -2.37. The molecule has 3 rings (SSSR count). The van der Waals surface area contributed by atoms with Crippen molar-refractivity contribution in [3.05, 3.63) is 22.4 Å². The molecule has 1 N–H and O–H groups in total. The topological polar surface area (TPSA) is 52.7 Å². The summed E-state index contributed by atoms with van der Waals surface area (Å²) >= 11 is 1.45. The van der Waals surface area contributed by atoms with E-state index >= 15 is 0 Å². The highest BCUT2D eigenvalue weighted by Gasteiger charge is 2.34. The van der Waals surface area contributed by atoms with Gasteiger partial charge in [-0.25, -0.2) is 0 Å². The maximum Gasteiger partial charge on any atom is 0.264 e. The van der Waals surface area contributed by atoms with Crippen LogP contribution in [0.5, 0.6) is 0 Å². The van der Waals surface area contributed by atoms with Gasteiger partial charge in [-0.2, -0.15) is 0 Å². The summed E-state index contributed by atoms with van der Waals surface area (Å²) in [6, 6.07) is 3.67. The molecule has 6 heteroatoms. The summed E-state index contributed by atoms with van der Waals surface area (Å²) in [7, 11) is 0. The number of nitrogens with zero attached hydrogens (tertiary/aromatic N) is 2. The first-order chi connectivity index (χ1) is 12.5. The summed E-state index contributed by atoms with van der Waals surface area (Å²) < 4.78 is 0. The third-order valence-electron chi connectivity index (χ3n) is 5.36. The van der Waals surface area contributed by atoms with Gasteiger partial charge in [0.2, 0.25) is 5.91 Å². The third kappa shape index (κ3) is 4.86. The number of rotatable bonds is 5. The van der Waals surface area contributed by atoms with E-state index < -0.39 is 0 Å². The summed E-state index contributed by atoms with van der Waals surface area (Å²) in [6.45, 7) is 8.40. The first kappa shape index (κ1) is 19.4. The molecule has 2 saturated heterocycles. The van der Waals surface area contributed by atoms with Gasteiger partial charge in [-0.1, -0.05) is 19.9 Å². The Bertz CT molecular complexity index is 594. The number of hydrogen-bond acceptors (Lipinski definition) is 4. The van der Waals surface area contributed by atoms with Crippen LogP contribution in [0.2, 0.25) is 0 Å². The number of piperidine rings is 2. The molecule has 1 unspecified atom stereocenters. The van der Waals surface area contributed by atoms with E-state index in [1.807, 2.05) is 17.5 Å². The van der Waals surface area contributed by atoms with E-state index in [1.165, 1.54) is 11.3 Å². The van der Waals surface area contributed by atoms with E-state index in [0.717, 1.165) is 56.6 Å². The molecule has 0 bridgehead atoms. The lowest BCUT2D eigenvalue weighted by molar-refractivity contribution is -0.127. The highest BCUT2D eigenvalue weighted by atomic mass is 32.1. The SMILES string of the molecule is CC(C)CN1CCC(NC(=O)C2CCCCN2C(=O)c2cccs2)CC1. The molecule has 2 amide bonds. The van der Waals surface area contributed by atoms with Crippen molar-refractivity contribution in [2.24, 2.45) is 5.92 Å². The number of thiophene rings is 1. The van der Waals surface area contributed by atoms with Gasteiger partial charge in [0.05, 0.1) is 4.88 Å². The van der Waals surface area contributed by atoms with Crippen molar-refractivity contribution in [2.45, 2.75) is 58.0 Å². The van der Waals surface area contributed by atoms with Crippen LogP contribution in [0.25, 0.3) is 0 Å². The Hall–Kier alpha value is -1.40. The Morgan fingerprint density at radius 3 is 2.62 bits per heavy atom. The molecule has 1 atom stereocenters. The van der Waals surface area contributed by atoms with E-state index in [-0.39, 0.29) is 23.9 Å². The summed E-state index contributed by atoms with van der Waals surface area (Å²) in [5.41, 5.74) is 0. The zero-order valence-corrected chi connectivity index (χ0v) is 16.8. The van der Waals surface area contributed by atoms with Crippen LogP contribution >= 0.6 is 11.3 Å². The molecule has 3 heterocycles. The Morgan fingerprint density at radius 1 is 1.19 bits per heavy atom. The van der Waals surface area contributed by atoms with Crippen LogP contribution in [0.3, 0.4) is 0 Å². The molecule has 0 aliphatic carbocycles. The molecule has 0 aromatic carbocycles. The average Bonchev–Trinajstić information content (AvgIpc) is 3.17. The summed E-state index contributed by atoms with van der Waals surface area (Å²) in [5, 5.41) is 5.15. The fraction of sp³-hybridized carbons (Fsp3) is 0.700. The predicted molar refractivity (Wildman–Crippen MR) is 105 cm³/mol. The maximum atomic E-state index is 12.9. The van der Waals surface area contributed by atoms with Crippen LogP contribution in [0.1, 0.15) is 55.6 Å². The molecular formula is C20H31N3O2S. The van der Waals surface area contributed by atoms with E-state index in [9.17, 15) is 9.59 Å². The van der Waals surface area contributed by atoms with Crippen molar-refractivity contribution in [2.75, 3.05) is 26.2 Å². The molecule has 1 aromatic heterocycles. The number of nitrogens with one attached hydrogen (secondary N) is 1. The molecule has 5 nitrogen and oxygen atoms in total. The van der Waals surface area contributed by atoms with E-state index in [2.05, 4.69) is 24.1 Å². The number of hydrogen-bond donors (Lipinski definition) is 1. The van der Waals surface area contributed by atoms with Crippen molar-refractivity contribution in [1.29, 1.82) is 0 Å². The van der Waals surface area contributed by atoms with Crippen LogP contribution in [0, 0.1) is 5.92 Å². The van der Waals surface area contributed by atoms with Crippen molar-refractivity contribution in [3.63, 3.8) is 0 Å². The second kappa shape index (κ2) is 9.00. The lowest BCUT2D eigenvalue weighted by atomic mass is 9.99. The molecule has 0 saturated carbocycles. The fourth-order valence-electron chi connectivity index (χ4n) is 4.06. The minimum atomic E-state index is -0.313. The zero-order valence-electron chi connectivity index (χ0n) is 15.9. The molecule has 144 valence electrons. The second-order valence-electron chi connectivity index (χ2n) is 7.96. The van der Waals surface area contributed by atoms with Crippen molar-refractivity contribution in [1.82, 2.24) is 15.1 Å². The van der Waals surface area contributed by atoms with Gasteiger partial charge < -0.3 is 15.1 Å². The van der Waals surface area contributed by atoms with Crippen molar-refractivity contribution in [3.8, 4) is 0 Å². The number of likely N-dealkylation sites (tertiary alicyclic amines) is 2. The number of carbonyl (C=O) groups is 2. The van der Waals surface area contributed by atoms with Gasteiger partial charge in [0.15, 0.2) is 0 Å². The van der Waals surface area contributed by atoms with Gasteiger partial charge >= 0.3 is 0 Å². The van der Waals surface area contributed by atoms with Gasteiger partial charge in [-0.05, 0) is 49.5 Å². The summed E-state index contributed by atoms with van der Waals surface area (Å²) in [4.78, 5) is 30.7. The van der Waals surface area contributed by atoms with Gasteiger partial charge in [-0.15, -0.1) is 11.3 Å². The molecule has 2 fully saturated rings. The highest BCUT2D eigenvalue weighted by molar-refractivity contribution is 7.12. The van der Waals surface area contributed by atoms with Crippen LogP contribution in [0.4, 0.5) is 0 Å². The number of carbonyl (C=O) groups excluding carboxylic acids is 2. The molecule has 0 spiro atoms. The quantitative estimate of drug-likeness (QED) is 0.858. The number of amides is 2. The lowest BCUT2D eigenvalue weighted by Crippen LogP contribution is -2.55. The predicted octanol–water partition coefficient (Wildman–Crippen LogP) is 2.98. The van der Waals surface area contributed by atoms with Crippen molar-refractivity contribution >= 4 is 23.2 Å². The average molecular weight is 378 g/mol. The van der Waals surface area contributed by atoms with Crippen LogP contribution in [-0.4, -0.2) is 59.9 Å². The molecule has 2 aliphatic heterocycles. The first-order valence-electron chi connectivity index (χ1n) is 9.92. The molecular weight excluding hydrogens is 346 g/mol. The fourth-order valence-corrected chi connectivity index (χ4v) is 4.74. The van der Waals surface area contributed by atoms with Gasteiger partial charge in [-0.3, -0.25) is 9.59 Å². The van der Waals surface area contributed by atoms with E-state index in [1.54, 1.807) is 4.90 Å². The molecule has 26 heavy (non-hydrogen) atoms. The zero-order chi connectivity index (χ0) is 18.5. The van der Waals surface area contributed by atoms with Crippen LogP contribution < -0.4 is 5.32 Å². The van der Waals surface area contributed by atoms with Gasteiger partial charge in [0.1, 0.15) is 6.04 Å². The van der Waals surface area contributed by atoms with Crippen LogP contribution in [-0.2, 0) is 4.79 Å². The van der Waals surface area contributed by atoms with E-state index in [0.29, 0.717) is 12.5 Å². The van der Waals surface area contributed by atoms with Gasteiger partial charge in [0.25, 0.3) is 5.91 Å². The normalized spacial score (nSPS) is 22.6. The molecule has 0 radical (unpaired) electrons. The maximum absolute atomic E-state index is 12.9. The monoisotopic (exact) mass is 377 g/mol. The Morgan fingerprint density at radius 2 is 1.96 bits per heavy atom. The summed E-state index contributed by atoms with van der Waals surface area (Å²) in [5.74, 6) is 0.726. The highest BCUT2D eigenvalue weighted by Crippen LogP contribution is 2.22. The van der Waals surface area contributed by atoms with Crippen molar-refractivity contribution < 1.29 is 9.59 Å². The Kier molecular flexibility index (Phi) is 6.70. The minimum absolute atomic E-state index is 0.00611. The van der Waals surface area contributed by atoms with E-state index in [4.69, 9.17) is 0 Å². The molecule has 2 aliphatic rings. The molecule has 1 aromatic rings. The Balaban J connectivity index is 1.55. The minimum Gasteiger partial charge on any atom is -0.351 e. The Labute approximate surface area is 160 Å². The summed E-state index contributed by atoms with van der Waals surface area (Å²) in [6.07, 6.45) is 4.77. The second-order valence-corrected chi connectivity index (χ2v) is 8.91. The largest absolute Gasteiger partial charge is 0.351 e.